The van der Waals surface area contributed by atoms with Gasteiger partial charge in [0.15, 0.2) is 0 Å². The molecule has 1 aliphatic heterocycles. The standard InChI is InChI=1S/C25H17BrN2O2/c26-19-11-9-16(10-12-19)15-28-24(29)23(27-25(28)30)14-22-20-7-3-1-5-17(20)13-18-6-2-4-8-21(18)22/h1-14H,15H2,(H,27,30). The van der Waals surface area contributed by atoms with Crippen molar-refractivity contribution in [3.8, 4) is 0 Å². The molecular weight excluding hydrogens is 440 g/mol. The fourth-order valence-corrected chi connectivity index (χ4v) is 4.10. The molecule has 0 bridgehead atoms. The molecular formula is C25H17BrN2O2. The molecule has 30 heavy (non-hydrogen) atoms. The number of fused-ring (bicyclic) bond motifs is 2. The molecule has 4 aromatic rings. The Labute approximate surface area is 181 Å². The first-order chi connectivity index (χ1) is 14.6. The molecule has 0 saturated carbocycles. The van der Waals surface area contributed by atoms with Gasteiger partial charge in [-0.25, -0.2) is 4.79 Å². The molecule has 3 amide bonds. The van der Waals surface area contributed by atoms with E-state index in [0.717, 1.165) is 37.1 Å². The van der Waals surface area contributed by atoms with Gasteiger partial charge in [-0.15, -0.1) is 0 Å². The Morgan fingerprint density at radius 2 is 1.43 bits per heavy atom. The zero-order valence-corrected chi connectivity index (χ0v) is 17.5. The summed E-state index contributed by atoms with van der Waals surface area (Å²) >= 11 is 3.40. The molecule has 5 heteroatoms. The van der Waals surface area contributed by atoms with E-state index < -0.39 is 6.03 Å². The van der Waals surface area contributed by atoms with Crippen LogP contribution in [-0.2, 0) is 11.3 Å². The van der Waals surface area contributed by atoms with Crippen LogP contribution in [0, 0.1) is 0 Å². The van der Waals surface area contributed by atoms with Gasteiger partial charge >= 0.3 is 6.03 Å². The zero-order chi connectivity index (χ0) is 20.7. The second-order valence-electron chi connectivity index (χ2n) is 7.24. The molecule has 4 nitrogen and oxygen atoms in total. The van der Waals surface area contributed by atoms with E-state index in [4.69, 9.17) is 0 Å². The van der Waals surface area contributed by atoms with Crippen molar-refractivity contribution in [2.24, 2.45) is 0 Å². The maximum Gasteiger partial charge on any atom is 0.329 e. The molecule has 0 radical (unpaired) electrons. The highest BCUT2D eigenvalue weighted by atomic mass is 79.9. The van der Waals surface area contributed by atoms with Gasteiger partial charge in [-0.3, -0.25) is 9.69 Å². The van der Waals surface area contributed by atoms with E-state index >= 15 is 0 Å². The number of carbonyl (C=O) groups excluding carboxylic acids is 2. The maximum absolute atomic E-state index is 13.0. The van der Waals surface area contributed by atoms with Crippen molar-refractivity contribution in [2.75, 3.05) is 0 Å². The topological polar surface area (TPSA) is 49.4 Å². The van der Waals surface area contributed by atoms with Crippen LogP contribution in [-0.4, -0.2) is 16.8 Å². The number of imide groups is 1. The number of urea groups is 1. The van der Waals surface area contributed by atoms with Gasteiger partial charge < -0.3 is 5.32 Å². The average Bonchev–Trinajstić information content (AvgIpc) is 3.02. The van der Waals surface area contributed by atoms with Gasteiger partial charge in [-0.1, -0.05) is 76.6 Å². The second kappa shape index (κ2) is 7.43. The smallest absolute Gasteiger partial charge is 0.303 e. The van der Waals surface area contributed by atoms with E-state index in [2.05, 4.69) is 39.4 Å². The molecule has 0 aliphatic carbocycles. The Bertz CT molecular complexity index is 1290. The Morgan fingerprint density at radius 1 is 0.833 bits per heavy atom. The van der Waals surface area contributed by atoms with E-state index in [9.17, 15) is 9.59 Å². The van der Waals surface area contributed by atoms with Gasteiger partial charge in [-0.2, -0.15) is 0 Å². The third-order valence-corrected chi connectivity index (χ3v) is 5.85. The van der Waals surface area contributed by atoms with E-state index in [1.165, 1.54) is 4.90 Å². The summed E-state index contributed by atoms with van der Waals surface area (Å²) < 4.78 is 0.951. The highest BCUT2D eigenvalue weighted by molar-refractivity contribution is 9.10. The third-order valence-electron chi connectivity index (χ3n) is 5.32. The average molecular weight is 457 g/mol. The van der Waals surface area contributed by atoms with Gasteiger partial charge in [0.2, 0.25) is 0 Å². The molecule has 0 aromatic heterocycles. The van der Waals surface area contributed by atoms with Crippen molar-refractivity contribution in [1.29, 1.82) is 0 Å². The predicted octanol–water partition coefficient (Wildman–Crippen LogP) is 5.85. The number of rotatable bonds is 3. The lowest BCUT2D eigenvalue weighted by atomic mass is 9.96. The summed E-state index contributed by atoms with van der Waals surface area (Å²) in [5, 5.41) is 7.01. The minimum atomic E-state index is -0.404. The molecule has 4 aromatic carbocycles. The normalized spacial score (nSPS) is 15.4. The van der Waals surface area contributed by atoms with Crippen LogP contribution in [0.1, 0.15) is 11.1 Å². The quantitative estimate of drug-likeness (QED) is 0.239. The Hall–Kier alpha value is -3.44. The first kappa shape index (κ1) is 18.6. The Kier molecular flexibility index (Phi) is 4.60. The molecule has 0 atom stereocenters. The number of hydrogen-bond donors (Lipinski definition) is 1. The van der Waals surface area contributed by atoms with Crippen molar-refractivity contribution in [3.63, 3.8) is 0 Å². The van der Waals surface area contributed by atoms with E-state index in [0.29, 0.717) is 5.70 Å². The fraction of sp³-hybridized carbons (Fsp3) is 0.0400. The number of nitrogens with one attached hydrogen (secondary N) is 1. The Balaban J connectivity index is 1.58. The van der Waals surface area contributed by atoms with Crippen LogP contribution in [0.3, 0.4) is 0 Å². The minimum Gasteiger partial charge on any atom is -0.303 e. The highest BCUT2D eigenvalue weighted by Gasteiger charge is 2.33. The lowest BCUT2D eigenvalue weighted by molar-refractivity contribution is -0.123. The van der Waals surface area contributed by atoms with E-state index in [-0.39, 0.29) is 12.5 Å². The SMILES string of the molecule is O=C1NC(=Cc2c3ccccc3cc3ccccc23)C(=O)N1Cc1ccc(Br)cc1. The summed E-state index contributed by atoms with van der Waals surface area (Å²) in [6.07, 6.45) is 1.80. The van der Waals surface area contributed by atoms with Gasteiger partial charge in [0, 0.05) is 4.47 Å². The summed E-state index contributed by atoms with van der Waals surface area (Å²) in [4.78, 5) is 26.8. The number of benzene rings is 4. The summed E-state index contributed by atoms with van der Waals surface area (Å²) in [7, 11) is 0. The molecule has 1 N–H and O–H groups in total. The van der Waals surface area contributed by atoms with Crippen molar-refractivity contribution in [1.82, 2.24) is 10.2 Å². The van der Waals surface area contributed by atoms with Crippen LogP contribution in [0.25, 0.3) is 27.6 Å². The number of amides is 3. The largest absolute Gasteiger partial charge is 0.329 e. The van der Waals surface area contributed by atoms with Crippen molar-refractivity contribution in [3.05, 3.63) is 100 Å². The molecule has 5 rings (SSSR count). The second-order valence-corrected chi connectivity index (χ2v) is 8.15. The lowest BCUT2D eigenvalue weighted by Gasteiger charge is -2.12. The number of halogens is 1. The Morgan fingerprint density at radius 3 is 2.07 bits per heavy atom. The van der Waals surface area contributed by atoms with Gasteiger partial charge in [0.25, 0.3) is 5.91 Å². The molecule has 1 fully saturated rings. The predicted molar refractivity (Wildman–Crippen MR) is 123 cm³/mol. The van der Waals surface area contributed by atoms with Crippen LogP contribution >= 0.6 is 15.9 Å². The number of hydrogen-bond acceptors (Lipinski definition) is 2. The third kappa shape index (κ3) is 3.27. The van der Waals surface area contributed by atoms with Crippen molar-refractivity contribution in [2.45, 2.75) is 6.54 Å². The number of nitrogens with zero attached hydrogens (tertiary/aromatic N) is 1. The minimum absolute atomic E-state index is 0.228. The summed E-state index contributed by atoms with van der Waals surface area (Å²) in [6.45, 7) is 0.228. The summed E-state index contributed by atoms with van der Waals surface area (Å²) in [5.41, 5.74) is 2.11. The lowest BCUT2D eigenvalue weighted by Crippen LogP contribution is -2.30. The summed E-state index contributed by atoms with van der Waals surface area (Å²) in [5.74, 6) is -0.320. The van der Waals surface area contributed by atoms with Gasteiger partial charge in [0.05, 0.1) is 6.54 Å². The van der Waals surface area contributed by atoms with Crippen LogP contribution in [0.5, 0.6) is 0 Å². The molecule has 1 heterocycles. The van der Waals surface area contributed by atoms with E-state index in [1.54, 1.807) is 6.08 Å². The fourth-order valence-electron chi connectivity index (χ4n) is 3.84. The van der Waals surface area contributed by atoms with Crippen molar-refractivity contribution >= 4 is 55.5 Å². The van der Waals surface area contributed by atoms with Crippen molar-refractivity contribution < 1.29 is 9.59 Å². The van der Waals surface area contributed by atoms with Crippen LogP contribution in [0.4, 0.5) is 4.79 Å². The molecule has 146 valence electrons. The van der Waals surface area contributed by atoms with E-state index in [1.807, 2.05) is 60.7 Å². The zero-order valence-electron chi connectivity index (χ0n) is 15.9. The van der Waals surface area contributed by atoms with Gasteiger partial charge in [0.1, 0.15) is 5.70 Å². The van der Waals surface area contributed by atoms with Crippen LogP contribution < -0.4 is 5.32 Å². The van der Waals surface area contributed by atoms with Crippen LogP contribution in [0.15, 0.2) is 89.0 Å². The first-order valence-corrected chi connectivity index (χ1v) is 10.4. The molecule has 0 spiro atoms. The highest BCUT2D eigenvalue weighted by Crippen LogP contribution is 2.31. The van der Waals surface area contributed by atoms with Gasteiger partial charge in [-0.05, 0) is 56.9 Å². The molecule has 1 aliphatic rings. The number of carbonyl (C=O) groups is 2. The maximum atomic E-state index is 13.0. The van der Waals surface area contributed by atoms with Crippen LogP contribution in [0.2, 0.25) is 0 Å². The molecule has 0 unspecified atom stereocenters. The first-order valence-electron chi connectivity index (χ1n) is 9.59. The monoisotopic (exact) mass is 456 g/mol. The summed E-state index contributed by atoms with van der Waals surface area (Å²) in [6, 6.07) is 25.4. The molecule has 1 saturated heterocycles.